The van der Waals surface area contributed by atoms with Crippen LogP contribution in [-0.2, 0) is 23.8 Å². The molecule has 3 heterocycles. The Morgan fingerprint density at radius 3 is 1.05 bits per heavy atom. The average molecular weight is 550 g/mol. The van der Waals surface area contributed by atoms with Gasteiger partial charge >= 0.3 is 11.9 Å². The van der Waals surface area contributed by atoms with Crippen LogP contribution in [0.2, 0.25) is 0 Å². The Hall–Kier alpha value is -1.64. The first-order chi connectivity index (χ1) is 17.5. The Labute approximate surface area is 236 Å². The van der Waals surface area contributed by atoms with Gasteiger partial charge in [-0.2, -0.15) is 0 Å². The Morgan fingerprint density at radius 1 is 0.513 bits per heavy atom. The third-order valence-electron chi connectivity index (χ3n) is 7.82. The van der Waals surface area contributed by atoms with Crippen LogP contribution in [0.25, 0.3) is 0 Å². The van der Waals surface area contributed by atoms with Crippen molar-refractivity contribution in [1.82, 2.24) is 16.0 Å². The summed E-state index contributed by atoms with van der Waals surface area (Å²) < 4.78 is 18.1. The zero-order chi connectivity index (χ0) is 29.7. The molecule has 8 nitrogen and oxygen atoms in total. The van der Waals surface area contributed by atoms with E-state index in [1.165, 1.54) is 6.26 Å². The summed E-state index contributed by atoms with van der Waals surface area (Å²) in [7, 11) is 0. The van der Waals surface area contributed by atoms with E-state index in [0.717, 1.165) is 12.8 Å². The minimum atomic E-state index is -0.682. The van der Waals surface area contributed by atoms with E-state index in [-0.39, 0.29) is 57.1 Å². The summed E-state index contributed by atoms with van der Waals surface area (Å²) in [5, 5.41) is 10.9. The van der Waals surface area contributed by atoms with Gasteiger partial charge in [0.2, 0.25) is 0 Å². The topological polar surface area (TPSA) is 97.9 Å². The van der Waals surface area contributed by atoms with Crippen LogP contribution in [0.3, 0.4) is 0 Å². The molecule has 0 spiro atoms. The van der Waals surface area contributed by atoms with Crippen LogP contribution >= 0.6 is 0 Å². The summed E-state index contributed by atoms with van der Waals surface area (Å²) in [5.74, 6) is -1.36. The number of piperidine rings is 3. The number of ether oxygens (including phenoxy) is 3. The maximum Gasteiger partial charge on any atom is 0.349 e. The molecule has 8 heteroatoms. The number of rotatable bonds is 6. The number of esters is 2. The van der Waals surface area contributed by atoms with E-state index in [2.05, 4.69) is 99.0 Å². The number of hydrogen-bond acceptors (Lipinski definition) is 8. The van der Waals surface area contributed by atoms with Crippen molar-refractivity contribution < 1.29 is 23.8 Å². The minimum absolute atomic E-state index is 0.139. The summed E-state index contributed by atoms with van der Waals surface area (Å²) in [6.45, 7) is 25.4. The van der Waals surface area contributed by atoms with Gasteiger partial charge in [-0.1, -0.05) is 0 Å². The molecule has 224 valence electrons. The van der Waals surface area contributed by atoms with Crippen LogP contribution in [0, 0.1) is 0 Å². The predicted molar refractivity (Wildman–Crippen MR) is 154 cm³/mol. The van der Waals surface area contributed by atoms with E-state index in [9.17, 15) is 9.59 Å². The smallest absolute Gasteiger partial charge is 0.349 e. The van der Waals surface area contributed by atoms with Gasteiger partial charge in [0, 0.05) is 71.8 Å². The minimum Gasteiger partial charge on any atom is -0.497 e. The average Bonchev–Trinajstić information content (AvgIpc) is 2.59. The molecular weight excluding hydrogens is 494 g/mol. The van der Waals surface area contributed by atoms with Crippen LogP contribution in [0.5, 0.6) is 0 Å². The molecule has 0 aromatic carbocycles. The Morgan fingerprint density at radius 2 is 0.769 bits per heavy atom. The van der Waals surface area contributed by atoms with E-state index in [1.807, 2.05) is 0 Å². The number of hydrogen-bond donors (Lipinski definition) is 3. The zero-order valence-corrected chi connectivity index (χ0v) is 26.6. The van der Waals surface area contributed by atoms with Crippen molar-refractivity contribution in [3.05, 3.63) is 11.8 Å². The maximum absolute atomic E-state index is 13.6. The lowest BCUT2D eigenvalue weighted by molar-refractivity contribution is -0.157. The van der Waals surface area contributed by atoms with Crippen molar-refractivity contribution in [3.8, 4) is 0 Å². The summed E-state index contributed by atoms with van der Waals surface area (Å²) in [4.78, 5) is 27.2. The van der Waals surface area contributed by atoms with Crippen LogP contribution < -0.4 is 16.0 Å². The van der Waals surface area contributed by atoms with Gasteiger partial charge in [-0.15, -0.1) is 0 Å². The highest BCUT2D eigenvalue weighted by Gasteiger charge is 2.43. The lowest BCUT2D eigenvalue weighted by Crippen LogP contribution is -2.60. The molecule has 0 amide bonds. The van der Waals surface area contributed by atoms with Crippen molar-refractivity contribution in [2.24, 2.45) is 0 Å². The molecule has 0 atom stereocenters. The molecule has 3 aliphatic heterocycles. The van der Waals surface area contributed by atoms with Gasteiger partial charge in [-0.3, -0.25) is 0 Å². The molecule has 0 bridgehead atoms. The van der Waals surface area contributed by atoms with E-state index in [4.69, 9.17) is 14.2 Å². The highest BCUT2D eigenvalue weighted by molar-refractivity contribution is 6.13. The third kappa shape index (κ3) is 9.46. The SMILES string of the molecule is CC1(C)CC(OC=C(C(=O)OC2CC(C)(C)NC(C)(C)C2)C(=O)OC2CC(C)(C)NC(C)(C)C2)CC(C)(C)N1. The van der Waals surface area contributed by atoms with Gasteiger partial charge in [0.05, 0.1) is 0 Å². The van der Waals surface area contributed by atoms with Crippen molar-refractivity contribution in [2.75, 3.05) is 0 Å². The number of carbonyl (C=O) groups is 2. The lowest BCUT2D eigenvalue weighted by Gasteiger charge is -2.46. The first kappa shape index (κ1) is 31.9. The Balaban J connectivity index is 1.82. The van der Waals surface area contributed by atoms with Crippen molar-refractivity contribution in [2.45, 2.75) is 173 Å². The zero-order valence-electron chi connectivity index (χ0n) is 26.6. The summed E-state index contributed by atoms with van der Waals surface area (Å²) >= 11 is 0. The van der Waals surface area contributed by atoms with Crippen molar-refractivity contribution in [1.29, 1.82) is 0 Å². The fraction of sp³-hybridized carbons (Fsp3) is 0.871. The quantitative estimate of drug-likeness (QED) is 0.142. The van der Waals surface area contributed by atoms with E-state index in [0.29, 0.717) is 25.7 Å². The van der Waals surface area contributed by atoms with Crippen LogP contribution in [0.15, 0.2) is 11.8 Å². The van der Waals surface area contributed by atoms with Gasteiger partial charge < -0.3 is 30.2 Å². The van der Waals surface area contributed by atoms with Gasteiger partial charge in [0.15, 0.2) is 5.57 Å². The molecule has 3 N–H and O–H groups in total. The van der Waals surface area contributed by atoms with Crippen LogP contribution in [0.1, 0.15) is 122 Å². The second-order valence-corrected chi connectivity index (χ2v) is 16.2. The second-order valence-electron chi connectivity index (χ2n) is 16.2. The molecule has 0 radical (unpaired) electrons. The first-order valence-electron chi connectivity index (χ1n) is 14.6. The molecule has 0 saturated carbocycles. The fourth-order valence-corrected chi connectivity index (χ4v) is 7.72. The van der Waals surface area contributed by atoms with Crippen LogP contribution in [-0.4, -0.2) is 63.5 Å². The highest BCUT2D eigenvalue weighted by Crippen LogP contribution is 2.34. The normalized spacial score (nSPS) is 27.7. The van der Waals surface area contributed by atoms with Crippen LogP contribution in [0.4, 0.5) is 0 Å². The fourth-order valence-electron chi connectivity index (χ4n) is 7.72. The van der Waals surface area contributed by atoms with E-state index in [1.54, 1.807) is 0 Å². The number of carbonyl (C=O) groups excluding carboxylic acids is 2. The molecule has 3 fully saturated rings. The molecule has 0 unspecified atom stereocenters. The Kier molecular flexibility index (Phi) is 8.70. The van der Waals surface area contributed by atoms with Gasteiger partial charge in [-0.05, 0) is 83.1 Å². The molecular formula is C31H55N3O5. The lowest BCUT2D eigenvalue weighted by atomic mass is 9.81. The predicted octanol–water partition coefficient (Wildman–Crippen LogP) is 4.90. The highest BCUT2D eigenvalue weighted by atomic mass is 16.6. The molecule has 0 aromatic heterocycles. The molecule has 0 aliphatic carbocycles. The molecule has 39 heavy (non-hydrogen) atoms. The van der Waals surface area contributed by atoms with E-state index < -0.39 is 11.9 Å². The monoisotopic (exact) mass is 549 g/mol. The summed E-state index contributed by atoms with van der Waals surface area (Å²) in [6, 6.07) is 0. The maximum atomic E-state index is 13.6. The first-order valence-corrected chi connectivity index (χ1v) is 14.6. The summed E-state index contributed by atoms with van der Waals surface area (Å²) in [5.41, 5.74) is -1.26. The molecule has 3 saturated heterocycles. The molecule has 3 aliphatic rings. The standard InChI is InChI=1S/C31H55N3O5/c1-26(2)13-20(14-27(3,4)32-26)37-19-23(24(35)38-21-15-28(5,6)33-29(7,8)16-21)25(36)39-22-17-30(9,10)34-31(11,12)18-22/h19-22,32-34H,13-18H2,1-12H3. The summed E-state index contributed by atoms with van der Waals surface area (Å²) in [6.07, 6.45) is 4.60. The van der Waals surface area contributed by atoms with Crippen molar-refractivity contribution in [3.63, 3.8) is 0 Å². The molecule has 3 rings (SSSR count). The third-order valence-corrected chi connectivity index (χ3v) is 7.82. The van der Waals surface area contributed by atoms with Gasteiger partial charge in [0.25, 0.3) is 0 Å². The number of nitrogens with one attached hydrogen (secondary N) is 3. The Bertz CT molecular complexity index is 861. The van der Waals surface area contributed by atoms with E-state index >= 15 is 0 Å². The van der Waals surface area contributed by atoms with Gasteiger partial charge in [-0.25, -0.2) is 9.59 Å². The second kappa shape index (κ2) is 10.6. The van der Waals surface area contributed by atoms with Gasteiger partial charge in [0.1, 0.15) is 24.6 Å². The van der Waals surface area contributed by atoms with Crippen molar-refractivity contribution >= 4 is 11.9 Å². The molecule has 0 aromatic rings. The largest absolute Gasteiger partial charge is 0.497 e.